The Morgan fingerprint density at radius 2 is 0.605 bits per heavy atom. The first-order valence-electron chi connectivity index (χ1n) is 10.2. The van der Waals surface area contributed by atoms with Gasteiger partial charge in [-0.2, -0.15) is 0 Å². The minimum atomic E-state index is -5.40. The van der Waals surface area contributed by atoms with Gasteiger partial charge < -0.3 is 0 Å². The van der Waals surface area contributed by atoms with Crippen LogP contribution in [0.2, 0.25) is 40.2 Å². The molecule has 0 aliphatic carbocycles. The van der Waals surface area contributed by atoms with Gasteiger partial charge in [0, 0.05) is 0 Å². The molecular weight excluding hydrogens is 714 g/mol. The number of nitrogens with zero attached hydrogens (tertiary/aromatic N) is 4. The second-order valence-corrected chi connectivity index (χ2v) is 22.1. The third-order valence-corrected chi connectivity index (χ3v) is 26.3. The van der Waals surface area contributed by atoms with Crippen LogP contribution in [0.5, 0.6) is 23.0 Å². The third kappa shape index (κ3) is 2.28. The van der Waals surface area contributed by atoms with Gasteiger partial charge in [-0.25, -0.2) is 0 Å². The Labute approximate surface area is 255 Å². The van der Waals surface area contributed by atoms with Crippen LogP contribution in [0.15, 0.2) is 0 Å². The maximum atomic E-state index is 13.9. The van der Waals surface area contributed by atoms with Crippen molar-refractivity contribution < 1.29 is 27.7 Å². The zero-order valence-electron chi connectivity index (χ0n) is 19.2. The predicted octanol–water partition coefficient (Wildman–Crippen LogP) is 9.49. The van der Waals surface area contributed by atoms with Crippen molar-refractivity contribution in [2.45, 2.75) is 0 Å². The molecule has 4 amide bonds. The number of benzene rings is 2. The van der Waals surface area contributed by atoms with Crippen LogP contribution in [-0.4, -0.2) is 58.9 Å². The number of amides is 4. The molecule has 0 radical (unpaired) electrons. The van der Waals surface area contributed by atoms with Gasteiger partial charge in [0.2, 0.25) is 0 Å². The van der Waals surface area contributed by atoms with Crippen molar-refractivity contribution in [2.75, 3.05) is 28.2 Å². The van der Waals surface area contributed by atoms with Crippen LogP contribution in [0.3, 0.4) is 0 Å². The van der Waals surface area contributed by atoms with E-state index in [2.05, 4.69) is 0 Å². The molecule has 0 atom stereocenters. The van der Waals surface area contributed by atoms with Gasteiger partial charge in [0.1, 0.15) is 0 Å². The Balaban J connectivity index is 1.81. The summed E-state index contributed by atoms with van der Waals surface area (Å²) in [4.78, 5) is 27.9. The van der Waals surface area contributed by atoms with Gasteiger partial charge in [0.05, 0.1) is 0 Å². The summed E-state index contributed by atoms with van der Waals surface area (Å²) in [5.74, 6) is -0.744. The Morgan fingerprint density at radius 3 is 0.789 bits per heavy atom. The number of carbonyl (C=O) groups excluding carboxylic acids is 2. The first-order chi connectivity index (χ1) is 17.5. The standard InChI is InChI=1S/C18H12Cl8N4O6P2/c1-27-17(31)28(2)38(35-15-11(25)7(21)8(22)12(26)16(15)36-38)30(4)18(32)29(3)37(27,38)33-13-9(23)5(19)6(20)10(24)14(13)34-37/h1-4H3. The third-order valence-electron chi connectivity index (χ3n) is 7.12. The van der Waals surface area contributed by atoms with Crippen molar-refractivity contribution in [3.8, 4) is 23.0 Å². The molecule has 2 aromatic carbocycles. The summed E-state index contributed by atoms with van der Waals surface area (Å²) in [6.45, 7) is 0. The van der Waals surface area contributed by atoms with E-state index in [1.165, 1.54) is 28.2 Å². The van der Waals surface area contributed by atoms with Crippen LogP contribution in [0.4, 0.5) is 9.59 Å². The van der Waals surface area contributed by atoms with Gasteiger partial charge in [0.15, 0.2) is 0 Å². The van der Waals surface area contributed by atoms with E-state index in [1.54, 1.807) is 0 Å². The Kier molecular flexibility index (Phi) is 5.50. The average molecular weight is 726 g/mol. The number of hydrogen-bond acceptors (Lipinski definition) is 6. The molecule has 20 heteroatoms. The zero-order chi connectivity index (χ0) is 28.1. The van der Waals surface area contributed by atoms with E-state index in [0.29, 0.717) is 0 Å². The normalized spacial score (nSPS) is 24.6. The molecule has 0 bridgehead atoms. The van der Waals surface area contributed by atoms with Gasteiger partial charge in [-0.15, -0.1) is 0 Å². The molecule has 10 nitrogen and oxygen atoms in total. The van der Waals surface area contributed by atoms with Crippen LogP contribution in [-0.2, 0) is 0 Å². The van der Waals surface area contributed by atoms with Crippen LogP contribution in [0.25, 0.3) is 0 Å². The average Bonchev–Trinajstić information content (AvgIpc) is 3.54. The molecule has 0 aromatic heterocycles. The van der Waals surface area contributed by atoms with Crippen LogP contribution in [0.1, 0.15) is 0 Å². The summed E-state index contributed by atoms with van der Waals surface area (Å²) in [6.07, 6.45) is 0. The topological polar surface area (TPSA) is 84.0 Å². The van der Waals surface area contributed by atoms with E-state index < -0.39 is 26.2 Å². The maximum absolute atomic E-state index is 13.9. The molecule has 2 fully saturated rings. The Morgan fingerprint density at radius 1 is 0.421 bits per heavy atom. The van der Waals surface area contributed by atoms with E-state index in [9.17, 15) is 9.59 Å². The number of halogens is 8. The van der Waals surface area contributed by atoms with Crippen LogP contribution in [0, 0.1) is 0 Å². The van der Waals surface area contributed by atoms with E-state index >= 15 is 0 Å². The van der Waals surface area contributed by atoms with Crippen molar-refractivity contribution >= 4 is 119 Å². The van der Waals surface area contributed by atoms with Crippen LogP contribution < -0.4 is 18.1 Å². The van der Waals surface area contributed by atoms with E-state index in [-0.39, 0.29) is 63.2 Å². The van der Waals surface area contributed by atoms with Crippen molar-refractivity contribution in [1.29, 1.82) is 0 Å². The summed E-state index contributed by atoms with van der Waals surface area (Å²) >= 11 is 51.5. The summed E-state index contributed by atoms with van der Waals surface area (Å²) in [6, 6.07) is -1.41. The first-order valence-corrected chi connectivity index (χ1v) is 17.8. The van der Waals surface area contributed by atoms with Gasteiger partial charge in [0.25, 0.3) is 0 Å². The fourth-order valence-corrected chi connectivity index (χ4v) is 24.4. The van der Waals surface area contributed by atoms with Crippen LogP contribution >= 0.6 is 107 Å². The summed E-state index contributed by atoms with van der Waals surface area (Å²) in [5.41, 5.74) is 0. The number of hydrogen-bond donors (Lipinski definition) is 0. The molecule has 38 heavy (non-hydrogen) atoms. The van der Waals surface area contributed by atoms with Gasteiger partial charge in [-0.05, 0) is 0 Å². The molecule has 4 heterocycles. The second-order valence-electron chi connectivity index (χ2n) is 8.52. The monoisotopic (exact) mass is 722 g/mol. The summed E-state index contributed by atoms with van der Waals surface area (Å²) in [5, 5.41) is -1.33. The first kappa shape index (κ1) is 27.5. The molecule has 2 saturated heterocycles. The van der Waals surface area contributed by atoms with Crippen molar-refractivity contribution in [1.82, 2.24) is 18.7 Å². The number of rotatable bonds is 0. The minimum absolute atomic E-state index is 0.146. The predicted molar refractivity (Wildman–Crippen MR) is 151 cm³/mol. The van der Waals surface area contributed by atoms with Gasteiger partial charge in [-0.3, -0.25) is 0 Å². The number of urea groups is 2. The van der Waals surface area contributed by atoms with E-state index in [4.69, 9.17) is 111 Å². The molecule has 2 spiro atoms. The number of fused-ring (bicyclic) bond motifs is 2. The summed E-state index contributed by atoms with van der Waals surface area (Å²) in [7, 11) is -5.36. The van der Waals surface area contributed by atoms with Gasteiger partial charge >= 0.3 is 257 Å². The molecule has 206 valence electrons. The Hall–Kier alpha value is -0.640. The molecule has 6 rings (SSSR count). The number of carbonyl (C=O) groups is 2. The zero-order valence-corrected chi connectivity index (χ0v) is 27.0. The SMILES string of the molecule is CN1C(=O)N(C)P23(Oc4c(Cl)c(Cl)c(Cl)c(Cl)c4O2)N(C)C(=O)N(C)P132Oc1c(Cl)c(Cl)c(Cl)c(Cl)c1O2. The fraction of sp³-hybridized carbons (Fsp3) is 0.222. The summed E-state index contributed by atoms with van der Waals surface area (Å²) < 4.78 is 31.0. The van der Waals surface area contributed by atoms with Crippen molar-refractivity contribution in [3.63, 3.8) is 0 Å². The molecule has 0 N–H and O–H groups in total. The van der Waals surface area contributed by atoms with Crippen molar-refractivity contribution in [2.24, 2.45) is 0 Å². The molecule has 0 saturated carbocycles. The molecular formula is C18H12Cl8N4O6P2. The molecule has 2 aromatic rings. The van der Waals surface area contributed by atoms with E-state index in [0.717, 1.165) is 18.7 Å². The van der Waals surface area contributed by atoms with E-state index in [1.807, 2.05) is 0 Å². The quantitative estimate of drug-likeness (QED) is 0.153. The molecule has 0 unspecified atom stereocenters. The Bertz CT molecular complexity index is 1370. The van der Waals surface area contributed by atoms with Gasteiger partial charge in [-0.1, -0.05) is 0 Å². The van der Waals surface area contributed by atoms with Crippen molar-refractivity contribution in [3.05, 3.63) is 40.2 Å². The molecule has 4 aliphatic heterocycles. The second kappa shape index (κ2) is 7.60. The molecule has 4 aliphatic rings. The fourth-order valence-electron chi connectivity index (χ4n) is 5.28.